The zero-order valence-corrected chi connectivity index (χ0v) is 17.7. The summed E-state index contributed by atoms with van der Waals surface area (Å²) in [4.78, 5) is 25.0. The van der Waals surface area contributed by atoms with Crippen molar-refractivity contribution in [2.45, 2.75) is 19.4 Å². The summed E-state index contributed by atoms with van der Waals surface area (Å²) in [5, 5.41) is 31.9. The van der Waals surface area contributed by atoms with Crippen molar-refractivity contribution in [2.75, 3.05) is 18.4 Å². The first-order valence-corrected chi connectivity index (χ1v) is 10.4. The van der Waals surface area contributed by atoms with Crippen LogP contribution in [0.3, 0.4) is 0 Å². The second kappa shape index (κ2) is 9.33. The van der Waals surface area contributed by atoms with Gasteiger partial charge in [0.2, 0.25) is 17.7 Å². The molecule has 0 unspecified atom stereocenters. The smallest absolute Gasteiger partial charge is 0.269 e. The molecule has 0 saturated carbocycles. The van der Waals surface area contributed by atoms with Gasteiger partial charge in [0.25, 0.3) is 5.69 Å². The van der Waals surface area contributed by atoms with Gasteiger partial charge in [-0.15, -0.1) is 10.2 Å². The van der Waals surface area contributed by atoms with Gasteiger partial charge in [0.15, 0.2) is 0 Å². The number of carbonyl (C=O) groups excluding carboxylic acids is 1. The molecule has 1 aliphatic heterocycles. The van der Waals surface area contributed by atoms with E-state index in [0.29, 0.717) is 60.5 Å². The van der Waals surface area contributed by atoms with E-state index in [1.807, 2.05) is 0 Å². The predicted octanol–water partition coefficient (Wildman–Crippen LogP) is 3.85. The summed E-state index contributed by atoms with van der Waals surface area (Å²) < 4.78 is 5.70. The highest BCUT2D eigenvalue weighted by Gasteiger charge is 2.26. The Bertz CT molecular complexity index is 1130. The number of carbonyl (C=O) groups is 1. The van der Waals surface area contributed by atoms with Gasteiger partial charge in [0, 0.05) is 28.6 Å². The van der Waals surface area contributed by atoms with E-state index in [4.69, 9.17) is 16.0 Å². The van der Waals surface area contributed by atoms with Crippen LogP contribution in [0.5, 0.6) is 5.75 Å². The van der Waals surface area contributed by atoms with Crippen molar-refractivity contribution in [3.05, 3.63) is 63.5 Å². The van der Waals surface area contributed by atoms with Crippen molar-refractivity contribution in [3.8, 4) is 17.2 Å². The van der Waals surface area contributed by atoms with E-state index in [0.717, 1.165) is 0 Å². The number of rotatable bonds is 6. The van der Waals surface area contributed by atoms with Gasteiger partial charge in [-0.3, -0.25) is 19.8 Å². The minimum absolute atomic E-state index is 0.00836. The maximum Gasteiger partial charge on any atom is 0.269 e. The highest BCUT2D eigenvalue weighted by Crippen LogP contribution is 2.28. The fraction of sp³-hybridized carbons (Fsp3) is 0.286. The van der Waals surface area contributed by atoms with Gasteiger partial charge in [-0.05, 0) is 56.3 Å². The summed E-state index contributed by atoms with van der Waals surface area (Å²) in [6.45, 7) is 1.80. The van der Waals surface area contributed by atoms with Crippen LogP contribution in [0, 0.1) is 16.0 Å². The van der Waals surface area contributed by atoms with E-state index < -0.39 is 4.92 Å². The predicted molar refractivity (Wildman–Crippen MR) is 116 cm³/mol. The summed E-state index contributed by atoms with van der Waals surface area (Å²) >= 11 is 5.93. The Balaban J connectivity index is 1.30. The number of aromatic hydroxyl groups is 1. The molecule has 0 atom stereocenters. The molecule has 2 aromatic carbocycles. The number of hydrogen-bond acceptors (Lipinski definition) is 8. The van der Waals surface area contributed by atoms with Gasteiger partial charge in [-0.2, -0.15) is 0 Å². The maximum absolute atomic E-state index is 12.6. The second-order valence-electron chi connectivity index (χ2n) is 7.51. The molecule has 166 valence electrons. The Labute approximate surface area is 188 Å². The van der Waals surface area contributed by atoms with E-state index >= 15 is 0 Å². The number of benzene rings is 2. The number of nitro groups is 1. The lowest BCUT2D eigenvalue weighted by Crippen LogP contribution is -2.37. The van der Waals surface area contributed by atoms with Gasteiger partial charge in [0.05, 0.1) is 17.2 Å². The third kappa shape index (κ3) is 5.04. The van der Waals surface area contributed by atoms with Crippen LogP contribution in [0.4, 0.5) is 11.4 Å². The number of halogens is 1. The fourth-order valence-electron chi connectivity index (χ4n) is 3.55. The first kappa shape index (κ1) is 21.7. The highest BCUT2D eigenvalue weighted by atomic mass is 35.5. The Morgan fingerprint density at radius 1 is 1.22 bits per heavy atom. The fourth-order valence-corrected chi connectivity index (χ4v) is 3.72. The minimum Gasteiger partial charge on any atom is -0.506 e. The number of non-ortho nitro benzene ring substituents is 1. The van der Waals surface area contributed by atoms with Crippen molar-refractivity contribution >= 4 is 28.9 Å². The molecule has 0 radical (unpaired) electrons. The molecule has 2 N–H and O–H groups in total. The van der Waals surface area contributed by atoms with E-state index in [1.165, 1.54) is 24.3 Å². The number of amides is 1. The number of nitro benzene ring substituents is 1. The molecule has 3 aromatic rings. The molecule has 1 aromatic heterocycles. The van der Waals surface area contributed by atoms with E-state index in [2.05, 4.69) is 20.4 Å². The molecular formula is C21H20ClN5O5. The number of nitrogens with one attached hydrogen (secondary N) is 1. The number of likely N-dealkylation sites (tertiary alicyclic amines) is 1. The molecule has 11 heteroatoms. The van der Waals surface area contributed by atoms with Crippen molar-refractivity contribution in [1.29, 1.82) is 0 Å². The van der Waals surface area contributed by atoms with E-state index in [1.54, 1.807) is 18.2 Å². The largest absolute Gasteiger partial charge is 0.506 e. The number of phenolic OH excluding ortho intramolecular Hbond substituents is 1. The number of piperidine rings is 1. The van der Waals surface area contributed by atoms with Gasteiger partial charge in [-0.1, -0.05) is 11.6 Å². The van der Waals surface area contributed by atoms with Gasteiger partial charge < -0.3 is 14.8 Å². The first-order valence-electron chi connectivity index (χ1n) is 9.98. The Morgan fingerprint density at radius 3 is 2.62 bits per heavy atom. The number of phenols is 1. The van der Waals surface area contributed by atoms with Crippen LogP contribution in [-0.2, 0) is 11.3 Å². The number of anilines is 1. The highest BCUT2D eigenvalue weighted by molar-refractivity contribution is 6.31. The molecule has 2 heterocycles. The lowest BCUT2D eigenvalue weighted by Gasteiger charge is -2.30. The van der Waals surface area contributed by atoms with Crippen LogP contribution in [0.1, 0.15) is 18.7 Å². The third-order valence-electron chi connectivity index (χ3n) is 5.33. The Kier molecular flexibility index (Phi) is 6.33. The number of aromatic nitrogens is 2. The van der Waals surface area contributed by atoms with Crippen LogP contribution in [-0.4, -0.2) is 44.1 Å². The molecule has 1 amide bonds. The number of nitrogens with zero attached hydrogens (tertiary/aromatic N) is 4. The SMILES string of the molecule is O=C(Nc1cc(Cl)ccc1O)C1CCN(Cc2nnc(-c3ccc([N+](=O)[O-])cc3)o2)CC1. The molecule has 1 saturated heterocycles. The average Bonchev–Trinajstić information content (AvgIpc) is 3.25. The van der Waals surface area contributed by atoms with Crippen LogP contribution in [0.2, 0.25) is 5.02 Å². The summed E-state index contributed by atoms with van der Waals surface area (Å²) in [5.74, 6) is 0.374. The zero-order valence-electron chi connectivity index (χ0n) is 16.9. The van der Waals surface area contributed by atoms with Gasteiger partial charge in [-0.25, -0.2) is 0 Å². The van der Waals surface area contributed by atoms with Crippen molar-refractivity contribution in [2.24, 2.45) is 5.92 Å². The van der Waals surface area contributed by atoms with Crippen LogP contribution >= 0.6 is 11.6 Å². The maximum atomic E-state index is 12.6. The number of hydrogen-bond donors (Lipinski definition) is 2. The minimum atomic E-state index is -0.468. The van der Waals surface area contributed by atoms with Gasteiger partial charge >= 0.3 is 0 Å². The summed E-state index contributed by atoms with van der Waals surface area (Å²) in [6, 6.07) is 10.4. The lowest BCUT2D eigenvalue weighted by atomic mass is 9.96. The van der Waals surface area contributed by atoms with E-state index in [9.17, 15) is 20.0 Å². The van der Waals surface area contributed by atoms with Crippen molar-refractivity contribution < 1.29 is 19.2 Å². The second-order valence-corrected chi connectivity index (χ2v) is 7.94. The van der Waals surface area contributed by atoms with Crippen LogP contribution < -0.4 is 5.32 Å². The van der Waals surface area contributed by atoms with Crippen LogP contribution in [0.25, 0.3) is 11.5 Å². The standard InChI is InChI=1S/C21H20ClN5O5/c22-15-3-6-18(28)17(11-15)23-20(29)13-7-9-26(10-8-13)12-19-24-25-21(32-19)14-1-4-16(5-2-14)27(30)31/h1-6,11,13,28H,7-10,12H2,(H,23,29). The van der Waals surface area contributed by atoms with Crippen molar-refractivity contribution in [3.63, 3.8) is 0 Å². The lowest BCUT2D eigenvalue weighted by molar-refractivity contribution is -0.384. The normalized spacial score (nSPS) is 14.9. The molecule has 1 aliphatic rings. The molecule has 32 heavy (non-hydrogen) atoms. The molecular weight excluding hydrogens is 438 g/mol. The molecule has 4 rings (SSSR count). The average molecular weight is 458 g/mol. The Hall–Kier alpha value is -3.50. The molecule has 10 nitrogen and oxygen atoms in total. The van der Waals surface area contributed by atoms with E-state index in [-0.39, 0.29) is 23.3 Å². The topological polar surface area (TPSA) is 135 Å². The van der Waals surface area contributed by atoms with Crippen molar-refractivity contribution in [1.82, 2.24) is 15.1 Å². The Morgan fingerprint density at radius 2 is 1.94 bits per heavy atom. The summed E-state index contributed by atoms with van der Waals surface area (Å²) in [5.41, 5.74) is 0.898. The van der Waals surface area contributed by atoms with Crippen LogP contribution in [0.15, 0.2) is 46.9 Å². The first-order chi connectivity index (χ1) is 15.4. The molecule has 0 aliphatic carbocycles. The molecule has 1 fully saturated rings. The third-order valence-corrected chi connectivity index (χ3v) is 5.56. The molecule has 0 bridgehead atoms. The quantitative estimate of drug-likeness (QED) is 0.323. The van der Waals surface area contributed by atoms with Gasteiger partial charge in [0.1, 0.15) is 5.75 Å². The monoisotopic (exact) mass is 457 g/mol. The summed E-state index contributed by atoms with van der Waals surface area (Å²) in [7, 11) is 0. The summed E-state index contributed by atoms with van der Waals surface area (Å²) in [6.07, 6.45) is 1.30. The molecule has 0 spiro atoms. The zero-order chi connectivity index (χ0) is 22.7.